The summed E-state index contributed by atoms with van der Waals surface area (Å²) in [4.78, 5) is 18.1. The van der Waals surface area contributed by atoms with Gasteiger partial charge < -0.3 is 9.64 Å². The van der Waals surface area contributed by atoms with E-state index in [1.165, 1.54) is 29.5 Å². The molecule has 2 saturated heterocycles. The monoisotopic (exact) mass is 519 g/mol. The summed E-state index contributed by atoms with van der Waals surface area (Å²) in [5, 5.41) is 0. The Morgan fingerprint density at radius 3 is 2.31 bits per heavy atom. The molecule has 11 heteroatoms. The summed E-state index contributed by atoms with van der Waals surface area (Å²) >= 11 is 0. The van der Waals surface area contributed by atoms with Crippen LogP contribution in [0.3, 0.4) is 0 Å². The van der Waals surface area contributed by atoms with Gasteiger partial charge in [-0.2, -0.15) is 26.3 Å². The molecule has 36 heavy (non-hydrogen) atoms. The number of nitrogens with zero attached hydrogens (tertiary/aromatic N) is 3. The van der Waals surface area contributed by atoms with Crippen molar-refractivity contribution in [1.82, 2.24) is 14.7 Å². The number of ether oxygens (including phenoxy) is 1. The number of rotatable bonds is 4. The Morgan fingerprint density at radius 2 is 1.67 bits per heavy atom. The molecule has 0 aromatic heterocycles. The van der Waals surface area contributed by atoms with E-state index in [-0.39, 0.29) is 18.5 Å². The molecular formula is C25H31F6N3O2. The molecule has 3 heterocycles. The van der Waals surface area contributed by atoms with Gasteiger partial charge in [-0.25, -0.2) is 4.79 Å². The molecule has 5 nitrogen and oxygen atoms in total. The van der Waals surface area contributed by atoms with Crippen LogP contribution in [0.2, 0.25) is 0 Å². The standard InChI is InChI=1S/C25H31F6N3O2/c26-24(27,28)21(25(29,30)31)36-22(35)33-12-8-23(9-13-33)7-11-32(16-23)14-18-3-1-2-17-6-10-34(15-20(17)18)19-4-5-19/h1-3,19,21H,4-16H2. The fourth-order valence-corrected chi connectivity index (χ4v) is 6.04. The van der Waals surface area contributed by atoms with Gasteiger partial charge in [-0.05, 0) is 67.2 Å². The predicted octanol–water partition coefficient (Wildman–Crippen LogP) is 5.12. The van der Waals surface area contributed by atoms with E-state index in [4.69, 9.17) is 0 Å². The van der Waals surface area contributed by atoms with Crippen molar-refractivity contribution in [3.63, 3.8) is 0 Å². The van der Waals surface area contributed by atoms with E-state index in [0.29, 0.717) is 12.8 Å². The first-order chi connectivity index (χ1) is 16.9. The molecule has 0 N–H and O–H groups in total. The van der Waals surface area contributed by atoms with Crippen molar-refractivity contribution in [2.24, 2.45) is 5.41 Å². The lowest BCUT2D eigenvalue weighted by Crippen LogP contribution is -2.50. The van der Waals surface area contributed by atoms with E-state index in [0.717, 1.165) is 56.5 Å². The van der Waals surface area contributed by atoms with Crippen LogP contribution in [0, 0.1) is 5.41 Å². The predicted molar refractivity (Wildman–Crippen MR) is 119 cm³/mol. The van der Waals surface area contributed by atoms with Crippen LogP contribution >= 0.6 is 0 Å². The van der Waals surface area contributed by atoms with Crippen LogP contribution in [-0.4, -0.2) is 78.0 Å². The molecule has 1 saturated carbocycles. The minimum Gasteiger partial charge on any atom is -0.426 e. The van der Waals surface area contributed by atoms with Crippen molar-refractivity contribution in [3.05, 3.63) is 34.9 Å². The molecule has 0 unspecified atom stereocenters. The Morgan fingerprint density at radius 1 is 1.00 bits per heavy atom. The second kappa shape index (κ2) is 9.38. The number of piperidine rings is 1. The zero-order valence-corrected chi connectivity index (χ0v) is 20.0. The molecule has 3 fully saturated rings. The third kappa shape index (κ3) is 5.46. The third-order valence-corrected chi connectivity index (χ3v) is 8.27. The lowest BCUT2D eigenvalue weighted by Gasteiger charge is -2.39. The van der Waals surface area contributed by atoms with Crippen molar-refractivity contribution in [3.8, 4) is 0 Å². The minimum absolute atomic E-state index is 0.0842. The highest BCUT2D eigenvalue weighted by molar-refractivity contribution is 5.68. The molecule has 3 aliphatic heterocycles. The number of carbonyl (C=O) groups is 1. The van der Waals surface area contributed by atoms with E-state index in [1.807, 2.05) is 0 Å². The number of hydrogen-bond donors (Lipinski definition) is 0. The fraction of sp³-hybridized carbons (Fsp3) is 0.720. The first-order valence-electron chi connectivity index (χ1n) is 12.6. The summed E-state index contributed by atoms with van der Waals surface area (Å²) in [6.45, 7) is 4.79. The van der Waals surface area contributed by atoms with Crippen LogP contribution < -0.4 is 0 Å². The van der Waals surface area contributed by atoms with Gasteiger partial charge in [0.05, 0.1) is 0 Å². The maximum Gasteiger partial charge on any atom is 0.434 e. The summed E-state index contributed by atoms with van der Waals surface area (Å²) in [6.07, 6.45) is -11.5. The van der Waals surface area contributed by atoms with Gasteiger partial charge in [0.1, 0.15) is 0 Å². The Bertz CT molecular complexity index is 956. The Balaban J connectivity index is 1.16. The van der Waals surface area contributed by atoms with Gasteiger partial charge in [-0.15, -0.1) is 0 Å². The van der Waals surface area contributed by atoms with Crippen molar-refractivity contribution in [2.75, 3.05) is 32.7 Å². The minimum atomic E-state index is -5.71. The maximum atomic E-state index is 12.8. The number of hydrogen-bond acceptors (Lipinski definition) is 4. The number of benzene rings is 1. The second-order valence-corrected chi connectivity index (χ2v) is 10.8. The SMILES string of the molecule is O=C(OC(C(F)(F)F)C(F)(F)F)N1CCC2(CCN(Cc3cccc4c3CN(C3CC3)CC4)C2)CC1. The van der Waals surface area contributed by atoms with E-state index in [1.54, 1.807) is 0 Å². The Labute approximate surface area is 206 Å². The highest BCUT2D eigenvalue weighted by atomic mass is 19.4. The van der Waals surface area contributed by atoms with Crippen LogP contribution in [0.4, 0.5) is 31.1 Å². The summed E-state index contributed by atoms with van der Waals surface area (Å²) in [7, 11) is 0. The van der Waals surface area contributed by atoms with Gasteiger partial charge in [0, 0.05) is 45.3 Å². The summed E-state index contributed by atoms with van der Waals surface area (Å²) in [6, 6.07) is 7.24. The molecule has 1 aromatic carbocycles. The average Bonchev–Trinajstić information content (AvgIpc) is 3.59. The Kier molecular flexibility index (Phi) is 6.68. The van der Waals surface area contributed by atoms with E-state index in [2.05, 4.69) is 32.7 Å². The lowest BCUT2D eigenvalue weighted by atomic mass is 9.78. The lowest BCUT2D eigenvalue weighted by molar-refractivity contribution is -0.308. The van der Waals surface area contributed by atoms with Gasteiger partial charge in [0.15, 0.2) is 0 Å². The molecule has 1 spiro atoms. The van der Waals surface area contributed by atoms with Crippen LogP contribution in [-0.2, 0) is 24.2 Å². The Hall–Kier alpha value is -2.01. The molecule has 1 aliphatic carbocycles. The van der Waals surface area contributed by atoms with Crippen LogP contribution in [0.15, 0.2) is 18.2 Å². The zero-order chi connectivity index (χ0) is 25.7. The second-order valence-electron chi connectivity index (χ2n) is 10.8. The first-order valence-corrected chi connectivity index (χ1v) is 12.6. The third-order valence-electron chi connectivity index (χ3n) is 8.27. The van der Waals surface area contributed by atoms with E-state index in [9.17, 15) is 31.1 Å². The van der Waals surface area contributed by atoms with Crippen molar-refractivity contribution >= 4 is 6.09 Å². The maximum absolute atomic E-state index is 12.8. The van der Waals surface area contributed by atoms with Crippen molar-refractivity contribution < 1.29 is 35.9 Å². The summed E-state index contributed by atoms with van der Waals surface area (Å²) in [5.74, 6) is 0. The van der Waals surface area contributed by atoms with E-state index >= 15 is 0 Å². The number of halogens is 6. The van der Waals surface area contributed by atoms with Crippen LogP contribution in [0.1, 0.15) is 48.8 Å². The average molecular weight is 520 g/mol. The van der Waals surface area contributed by atoms with Crippen LogP contribution in [0.5, 0.6) is 0 Å². The molecule has 0 radical (unpaired) electrons. The van der Waals surface area contributed by atoms with Gasteiger partial charge in [-0.1, -0.05) is 18.2 Å². The number of likely N-dealkylation sites (tertiary alicyclic amines) is 2. The number of fused-ring (bicyclic) bond motifs is 1. The quantitative estimate of drug-likeness (QED) is 0.518. The highest BCUT2D eigenvalue weighted by Crippen LogP contribution is 2.42. The molecule has 5 rings (SSSR count). The van der Waals surface area contributed by atoms with Gasteiger partial charge in [0.25, 0.3) is 6.10 Å². The molecule has 1 aromatic rings. The molecule has 0 bridgehead atoms. The van der Waals surface area contributed by atoms with Gasteiger partial charge in [0.2, 0.25) is 0 Å². The first kappa shape index (κ1) is 25.6. The van der Waals surface area contributed by atoms with Crippen molar-refractivity contribution in [1.29, 1.82) is 0 Å². The van der Waals surface area contributed by atoms with E-state index < -0.39 is 24.5 Å². The zero-order valence-electron chi connectivity index (χ0n) is 20.0. The summed E-state index contributed by atoms with van der Waals surface area (Å²) < 4.78 is 80.4. The summed E-state index contributed by atoms with van der Waals surface area (Å²) in [5.41, 5.74) is 4.10. The molecule has 4 aliphatic rings. The topological polar surface area (TPSA) is 36.0 Å². The fourth-order valence-electron chi connectivity index (χ4n) is 6.04. The number of amides is 1. The van der Waals surface area contributed by atoms with Crippen molar-refractivity contribution in [2.45, 2.75) is 76.1 Å². The number of carbonyl (C=O) groups excluding carboxylic acids is 1. The largest absolute Gasteiger partial charge is 0.434 e. The number of alkyl halides is 6. The molecular weight excluding hydrogens is 488 g/mol. The van der Waals surface area contributed by atoms with Gasteiger partial charge in [-0.3, -0.25) is 9.80 Å². The molecule has 200 valence electrons. The molecule has 0 atom stereocenters. The molecule has 1 amide bonds. The normalized spacial score (nSPS) is 23.4. The van der Waals surface area contributed by atoms with Gasteiger partial charge >= 0.3 is 18.4 Å². The smallest absolute Gasteiger partial charge is 0.426 e. The van der Waals surface area contributed by atoms with Crippen LogP contribution in [0.25, 0.3) is 0 Å². The highest BCUT2D eigenvalue weighted by Gasteiger charge is 2.60.